The number of carbonyl (C=O) groups is 1. The summed E-state index contributed by atoms with van der Waals surface area (Å²) in [5.41, 5.74) is 4.69. The van der Waals surface area contributed by atoms with E-state index in [0.717, 1.165) is 62.3 Å². The molecule has 190 valence electrons. The smallest absolute Gasteiger partial charge is 0.223 e. The van der Waals surface area contributed by atoms with Crippen LogP contribution in [0.25, 0.3) is 10.9 Å². The van der Waals surface area contributed by atoms with Gasteiger partial charge in [-0.25, -0.2) is 0 Å². The lowest BCUT2D eigenvalue weighted by atomic mass is 9.68. The third-order valence-electron chi connectivity index (χ3n) is 8.77. The van der Waals surface area contributed by atoms with Crippen molar-refractivity contribution in [3.8, 4) is 5.75 Å². The van der Waals surface area contributed by atoms with Gasteiger partial charge in [0.05, 0.1) is 25.3 Å². The second-order valence-electron chi connectivity index (χ2n) is 11.0. The highest BCUT2D eigenvalue weighted by molar-refractivity contribution is 5.89. The monoisotopic (exact) mass is 488 g/mol. The Bertz CT molecular complexity index is 1260. The molecule has 1 N–H and O–H groups in total. The topological polar surface area (TPSA) is 70.8 Å². The third kappa shape index (κ3) is 3.98. The summed E-state index contributed by atoms with van der Waals surface area (Å²) in [5.74, 6) is 1.54. The minimum absolute atomic E-state index is 0.0606. The fourth-order valence-corrected chi connectivity index (χ4v) is 6.60. The molecule has 6 rings (SSSR count). The molecule has 4 heterocycles. The molecule has 2 aliphatic heterocycles. The highest BCUT2D eigenvalue weighted by Gasteiger charge is 2.49. The molecule has 7 heteroatoms. The van der Waals surface area contributed by atoms with Crippen molar-refractivity contribution in [2.75, 3.05) is 33.4 Å². The molecule has 2 fully saturated rings. The van der Waals surface area contributed by atoms with Crippen LogP contribution in [0.4, 0.5) is 0 Å². The Hall–Kier alpha value is -2.90. The van der Waals surface area contributed by atoms with Gasteiger partial charge in [-0.2, -0.15) is 0 Å². The van der Waals surface area contributed by atoms with Crippen molar-refractivity contribution in [2.24, 2.45) is 13.0 Å². The van der Waals surface area contributed by atoms with Gasteiger partial charge in [-0.3, -0.25) is 14.7 Å². The number of aromatic nitrogens is 2. The maximum Gasteiger partial charge on any atom is 0.223 e. The first-order valence-corrected chi connectivity index (χ1v) is 13.2. The van der Waals surface area contributed by atoms with Crippen LogP contribution in [0.15, 0.2) is 42.7 Å². The second kappa shape index (κ2) is 9.20. The molecule has 1 saturated carbocycles. The predicted molar refractivity (Wildman–Crippen MR) is 139 cm³/mol. The Kier molecular flexibility index (Phi) is 6.00. The van der Waals surface area contributed by atoms with Gasteiger partial charge in [-0.05, 0) is 80.1 Å². The first-order valence-electron chi connectivity index (χ1n) is 13.2. The number of nitrogens with zero attached hydrogens (tertiary/aromatic N) is 4. The molecule has 0 bridgehead atoms. The molecule has 7 nitrogen and oxygen atoms in total. The first kappa shape index (κ1) is 23.5. The molecular weight excluding hydrogens is 452 g/mol. The number of hydrogen-bond donors (Lipinski definition) is 1. The number of benzene rings is 1. The minimum Gasteiger partial charge on any atom is -0.497 e. The molecule has 1 saturated heterocycles. The standard InChI is InChI=1S/C29H36N4O3/c1-31-24-16-22(36-2)5-6-23(24)27-28(31)25(18-34)33(26(35)15-20-3-4-20)19-29(27)9-13-32(14-10-29)17-21-7-11-30-12-8-21/h5-8,11-12,16,20,25,34H,3-4,9-10,13-15,17-19H2,1-2H3/t25-/m0/s1. The molecule has 1 spiro atoms. The van der Waals surface area contributed by atoms with Crippen LogP contribution in [0.3, 0.4) is 0 Å². The summed E-state index contributed by atoms with van der Waals surface area (Å²) in [6, 6.07) is 10.2. The van der Waals surface area contributed by atoms with Crippen molar-refractivity contribution in [1.82, 2.24) is 19.4 Å². The lowest BCUT2D eigenvalue weighted by Gasteiger charge is -2.50. The normalized spacial score (nSPS) is 21.6. The van der Waals surface area contributed by atoms with Gasteiger partial charge in [0, 0.05) is 61.5 Å². The van der Waals surface area contributed by atoms with E-state index in [-0.39, 0.29) is 24.0 Å². The van der Waals surface area contributed by atoms with Crippen LogP contribution >= 0.6 is 0 Å². The maximum atomic E-state index is 13.6. The zero-order valence-corrected chi connectivity index (χ0v) is 21.3. The van der Waals surface area contributed by atoms with Gasteiger partial charge in [0.1, 0.15) is 5.75 Å². The number of fused-ring (bicyclic) bond motifs is 4. The van der Waals surface area contributed by atoms with Gasteiger partial charge in [-0.15, -0.1) is 0 Å². The van der Waals surface area contributed by atoms with Crippen LogP contribution in [0.1, 0.15) is 55.0 Å². The second-order valence-corrected chi connectivity index (χ2v) is 11.0. The number of hydrogen-bond acceptors (Lipinski definition) is 5. The van der Waals surface area contributed by atoms with Crippen molar-refractivity contribution >= 4 is 16.8 Å². The van der Waals surface area contributed by atoms with Gasteiger partial charge in [0.2, 0.25) is 5.91 Å². The zero-order chi connectivity index (χ0) is 24.9. The Labute approximate surface area is 212 Å². The Morgan fingerprint density at radius 1 is 1.17 bits per heavy atom. The summed E-state index contributed by atoms with van der Waals surface area (Å²) in [6.07, 6.45) is 8.60. The minimum atomic E-state index is -0.310. The highest BCUT2D eigenvalue weighted by atomic mass is 16.5. The molecular formula is C29H36N4O3. The van der Waals surface area contributed by atoms with Crippen LogP contribution in [-0.2, 0) is 23.8 Å². The van der Waals surface area contributed by atoms with Crippen LogP contribution in [0.2, 0.25) is 0 Å². The van der Waals surface area contributed by atoms with E-state index in [1.54, 1.807) is 7.11 Å². The number of aryl methyl sites for hydroxylation is 1. The largest absolute Gasteiger partial charge is 0.497 e. The molecule has 1 amide bonds. The van der Waals surface area contributed by atoms with Gasteiger partial charge in [-0.1, -0.05) is 0 Å². The molecule has 1 aromatic carbocycles. The maximum absolute atomic E-state index is 13.6. The van der Waals surface area contributed by atoms with E-state index < -0.39 is 0 Å². The Morgan fingerprint density at radius 2 is 1.92 bits per heavy atom. The number of aliphatic hydroxyl groups is 1. The summed E-state index contributed by atoms with van der Waals surface area (Å²) in [7, 11) is 3.77. The molecule has 0 unspecified atom stereocenters. The molecule has 1 aliphatic carbocycles. The molecule has 3 aliphatic rings. The van der Waals surface area contributed by atoms with E-state index in [1.165, 1.54) is 16.5 Å². The first-order chi connectivity index (χ1) is 17.5. The molecule has 0 radical (unpaired) electrons. The van der Waals surface area contributed by atoms with E-state index in [9.17, 15) is 9.90 Å². The number of aliphatic hydroxyl groups excluding tert-OH is 1. The summed E-state index contributed by atoms with van der Waals surface area (Å²) < 4.78 is 7.75. The Balaban J connectivity index is 1.40. The lowest BCUT2D eigenvalue weighted by molar-refractivity contribution is -0.137. The number of pyridine rings is 1. The van der Waals surface area contributed by atoms with E-state index in [4.69, 9.17) is 4.74 Å². The number of ether oxygens (including phenoxy) is 1. The number of methoxy groups -OCH3 is 1. The SMILES string of the molecule is COc1ccc2c3c(n(C)c2c1)[C@H](CO)N(C(=O)CC1CC1)CC31CCN(Cc2ccncc2)CC1. The zero-order valence-electron chi connectivity index (χ0n) is 21.3. The number of rotatable bonds is 6. The molecule has 1 atom stereocenters. The van der Waals surface area contributed by atoms with E-state index in [2.05, 4.69) is 45.8 Å². The fraction of sp³-hybridized carbons (Fsp3) is 0.517. The van der Waals surface area contributed by atoms with Crippen molar-refractivity contribution < 1.29 is 14.6 Å². The van der Waals surface area contributed by atoms with Crippen molar-refractivity contribution in [2.45, 2.75) is 50.1 Å². The van der Waals surface area contributed by atoms with E-state index in [0.29, 0.717) is 18.9 Å². The van der Waals surface area contributed by atoms with Crippen LogP contribution < -0.4 is 4.74 Å². The van der Waals surface area contributed by atoms with Gasteiger partial charge in [0.15, 0.2) is 0 Å². The summed E-state index contributed by atoms with van der Waals surface area (Å²) >= 11 is 0. The number of amides is 1. The Morgan fingerprint density at radius 3 is 2.58 bits per heavy atom. The highest BCUT2D eigenvalue weighted by Crippen LogP contribution is 2.50. The number of carbonyl (C=O) groups excluding carboxylic acids is 1. The van der Waals surface area contributed by atoms with Gasteiger partial charge in [0.25, 0.3) is 0 Å². The van der Waals surface area contributed by atoms with Gasteiger partial charge < -0.3 is 19.3 Å². The van der Waals surface area contributed by atoms with E-state index >= 15 is 0 Å². The molecule has 2 aromatic heterocycles. The summed E-state index contributed by atoms with van der Waals surface area (Å²) in [4.78, 5) is 22.2. The van der Waals surface area contributed by atoms with Crippen LogP contribution in [0.5, 0.6) is 5.75 Å². The average molecular weight is 489 g/mol. The fourth-order valence-electron chi connectivity index (χ4n) is 6.60. The van der Waals surface area contributed by atoms with Crippen molar-refractivity contribution in [3.63, 3.8) is 0 Å². The van der Waals surface area contributed by atoms with Gasteiger partial charge >= 0.3 is 0 Å². The molecule has 3 aromatic rings. The van der Waals surface area contributed by atoms with Crippen molar-refractivity contribution in [3.05, 3.63) is 59.5 Å². The van der Waals surface area contributed by atoms with E-state index in [1.807, 2.05) is 23.4 Å². The van der Waals surface area contributed by atoms with Crippen molar-refractivity contribution in [1.29, 1.82) is 0 Å². The predicted octanol–water partition coefficient (Wildman–Crippen LogP) is 3.79. The number of piperidine rings is 1. The van der Waals surface area contributed by atoms with Crippen LogP contribution in [0, 0.1) is 5.92 Å². The summed E-state index contributed by atoms with van der Waals surface area (Å²) in [5, 5.41) is 11.8. The van der Waals surface area contributed by atoms with Crippen LogP contribution in [-0.4, -0.2) is 63.7 Å². The quantitative estimate of drug-likeness (QED) is 0.572. The molecule has 36 heavy (non-hydrogen) atoms. The number of likely N-dealkylation sites (tertiary alicyclic amines) is 1. The summed E-state index contributed by atoms with van der Waals surface area (Å²) in [6.45, 7) is 3.49. The third-order valence-corrected chi connectivity index (χ3v) is 8.77. The average Bonchev–Trinajstić information content (AvgIpc) is 3.68. The lowest BCUT2D eigenvalue weighted by Crippen LogP contribution is -2.55.